The van der Waals surface area contributed by atoms with Gasteiger partial charge >= 0.3 is 6.18 Å². The Morgan fingerprint density at radius 1 is 1.03 bits per heavy atom. The Morgan fingerprint density at radius 2 is 1.77 bits per heavy atom. The van der Waals surface area contributed by atoms with Crippen LogP contribution in [0.1, 0.15) is 33.6 Å². The Balaban J connectivity index is 1.43. The maximum Gasteiger partial charge on any atom is 0.433 e. The molecule has 0 unspecified atom stereocenters. The molecule has 3 N–H and O–H groups in total. The summed E-state index contributed by atoms with van der Waals surface area (Å²) >= 11 is 0. The molecule has 4 rings (SSSR count). The third-order valence-electron chi connectivity index (χ3n) is 5.10. The van der Waals surface area contributed by atoms with E-state index in [-0.39, 0.29) is 5.75 Å². The van der Waals surface area contributed by atoms with E-state index in [1.165, 1.54) is 12.3 Å². The highest BCUT2D eigenvalue weighted by molar-refractivity contribution is 5.86. The molecule has 0 aromatic carbocycles. The number of aryl methyl sites for hydroxylation is 2. The minimum atomic E-state index is -4.44. The molecule has 0 fully saturated rings. The van der Waals surface area contributed by atoms with Gasteiger partial charge in [0.1, 0.15) is 22.9 Å². The fraction of sp³-hybridized carbons (Fsp3) is 0.227. The summed E-state index contributed by atoms with van der Waals surface area (Å²) in [6, 6.07) is 6.09. The van der Waals surface area contributed by atoms with Gasteiger partial charge in [0, 0.05) is 42.5 Å². The van der Waals surface area contributed by atoms with Gasteiger partial charge in [-0.05, 0) is 42.7 Å². The summed E-state index contributed by atoms with van der Waals surface area (Å²) in [7, 11) is 0. The number of halogens is 3. The predicted molar refractivity (Wildman–Crippen MR) is 111 cm³/mol. The van der Waals surface area contributed by atoms with Gasteiger partial charge in [-0.3, -0.25) is 4.98 Å². The molecule has 31 heavy (non-hydrogen) atoms. The number of hydrogen-bond donors (Lipinski definition) is 3. The number of hydrogen-bond acceptors (Lipinski definition) is 5. The van der Waals surface area contributed by atoms with E-state index in [1.807, 2.05) is 25.3 Å². The number of nitrogens with one attached hydrogen (secondary N) is 2. The molecule has 0 aliphatic rings. The van der Waals surface area contributed by atoms with E-state index in [4.69, 9.17) is 0 Å². The SMILES string of the molecule is Cc1nc2[nH]cc(Cc3ccc(NCc4ccc(C(F)(F)F)nc4)nc3)c2c(C)c1O. The number of aromatic nitrogens is 4. The minimum absolute atomic E-state index is 0.198. The van der Waals surface area contributed by atoms with Crippen molar-refractivity contribution < 1.29 is 18.3 Å². The van der Waals surface area contributed by atoms with E-state index < -0.39 is 11.9 Å². The van der Waals surface area contributed by atoms with Gasteiger partial charge in [-0.15, -0.1) is 0 Å². The van der Waals surface area contributed by atoms with Crippen LogP contribution in [0.4, 0.5) is 19.0 Å². The normalized spacial score (nSPS) is 11.8. The highest BCUT2D eigenvalue weighted by Crippen LogP contribution is 2.31. The Hall–Kier alpha value is -3.62. The molecule has 6 nitrogen and oxygen atoms in total. The van der Waals surface area contributed by atoms with Gasteiger partial charge in [0.2, 0.25) is 0 Å². The van der Waals surface area contributed by atoms with Crippen LogP contribution in [0.3, 0.4) is 0 Å². The van der Waals surface area contributed by atoms with E-state index in [1.54, 1.807) is 13.1 Å². The monoisotopic (exact) mass is 427 g/mol. The summed E-state index contributed by atoms with van der Waals surface area (Å²) in [5.74, 6) is 0.803. The number of H-pyrrole nitrogens is 1. The van der Waals surface area contributed by atoms with Crippen molar-refractivity contribution in [3.63, 3.8) is 0 Å². The van der Waals surface area contributed by atoms with Gasteiger partial charge in [0.25, 0.3) is 0 Å². The predicted octanol–water partition coefficient (Wildman–Crippen LogP) is 4.90. The molecule has 160 valence electrons. The van der Waals surface area contributed by atoms with E-state index >= 15 is 0 Å². The average molecular weight is 427 g/mol. The van der Waals surface area contributed by atoms with Crippen molar-refractivity contribution in [3.05, 3.63) is 76.5 Å². The van der Waals surface area contributed by atoms with E-state index in [2.05, 4.69) is 25.3 Å². The molecule has 0 atom stereocenters. The van der Waals surface area contributed by atoms with Crippen LogP contribution < -0.4 is 5.32 Å². The Morgan fingerprint density at radius 3 is 2.42 bits per heavy atom. The maximum absolute atomic E-state index is 12.6. The lowest BCUT2D eigenvalue weighted by molar-refractivity contribution is -0.141. The second-order valence-corrected chi connectivity index (χ2v) is 7.34. The summed E-state index contributed by atoms with van der Waals surface area (Å²) in [6.07, 6.45) is 0.992. The van der Waals surface area contributed by atoms with Crippen LogP contribution >= 0.6 is 0 Å². The smallest absolute Gasteiger partial charge is 0.433 e. The first-order valence-electron chi connectivity index (χ1n) is 9.59. The zero-order valence-corrected chi connectivity index (χ0v) is 16.9. The standard InChI is InChI=1S/C22H20F3N5O/c1-12-19-16(11-29-21(19)30-13(2)20(12)31)7-14-4-6-18(27-8-14)28-10-15-3-5-17(26-9-15)22(23,24)25/h3-6,8-9,11,31H,7,10H2,1-2H3,(H,27,28)(H,29,30). The van der Waals surface area contributed by atoms with Crippen molar-refractivity contribution in [2.24, 2.45) is 0 Å². The van der Waals surface area contributed by atoms with Crippen molar-refractivity contribution in [1.82, 2.24) is 19.9 Å². The number of rotatable bonds is 5. The van der Waals surface area contributed by atoms with E-state index in [0.29, 0.717) is 30.0 Å². The molecular formula is C22H20F3N5O. The molecule has 0 saturated carbocycles. The summed E-state index contributed by atoms with van der Waals surface area (Å²) in [5.41, 5.74) is 3.80. The second-order valence-electron chi connectivity index (χ2n) is 7.34. The van der Waals surface area contributed by atoms with Gasteiger partial charge < -0.3 is 15.4 Å². The van der Waals surface area contributed by atoms with E-state index in [9.17, 15) is 18.3 Å². The Bertz CT molecular complexity index is 1220. The molecule has 0 aliphatic carbocycles. The third kappa shape index (κ3) is 4.30. The molecule has 4 aromatic rings. The largest absolute Gasteiger partial charge is 0.506 e. The molecule has 0 amide bonds. The van der Waals surface area contributed by atoms with Crippen molar-refractivity contribution in [1.29, 1.82) is 0 Å². The molecule has 9 heteroatoms. The van der Waals surface area contributed by atoms with E-state index in [0.717, 1.165) is 33.8 Å². The molecule has 4 heterocycles. The number of alkyl halides is 3. The molecule has 0 spiro atoms. The lowest BCUT2D eigenvalue weighted by Crippen LogP contribution is -2.08. The molecule has 0 bridgehead atoms. The molecule has 4 aromatic heterocycles. The van der Waals surface area contributed by atoms with Crippen LogP contribution in [0.15, 0.2) is 42.9 Å². The number of nitrogens with zero attached hydrogens (tertiary/aromatic N) is 3. The van der Waals surface area contributed by atoms with Crippen LogP contribution in [-0.2, 0) is 19.1 Å². The second kappa shape index (κ2) is 7.90. The zero-order chi connectivity index (χ0) is 22.2. The number of aromatic hydroxyl groups is 1. The van der Waals surface area contributed by atoms with Crippen LogP contribution in [-0.4, -0.2) is 25.0 Å². The van der Waals surface area contributed by atoms with Gasteiger partial charge in [-0.2, -0.15) is 13.2 Å². The number of fused-ring (bicyclic) bond motifs is 1. The lowest BCUT2D eigenvalue weighted by Gasteiger charge is -2.09. The fourth-order valence-electron chi connectivity index (χ4n) is 3.45. The average Bonchev–Trinajstić information content (AvgIpc) is 3.13. The summed E-state index contributed by atoms with van der Waals surface area (Å²) in [6.45, 7) is 3.94. The Kier molecular flexibility index (Phi) is 5.26. The Labute approximate surface area is 176 Å². The fourth-order valence-corrected chi connectivity index (χ4v) is 3.45. The highest BCUT2D eigenvalue weighted by Gasteiger charge is 2.31. The van der Waals surface area contributed by atoms with Gasteiger partial charge in [0.05, 0.1) is 5.69 Å². The number of pyridine rings is 3. The third-order valence-corrected chi connectivity index (χ3v) is 5.10. The summed E-state index contributed by atoms with van der Waals surface area (Å²) in [5, 5.41) is 14.2. The van der Waals surface area contributed by atoms with Crippen LogP contribution in [0, 0.1) is 13.8 Å². The van der Waals surface area contributed by atoms with Gasteiger partial charge in [0.15, 0.2) is 0 Å². The molecule has 0 saturated heterocycles. The van der Waals surface area contributed by atoms with Crippen molar-refractivity contribution in [2.45, 2.75) is 33.0 Å². The summed E-state index contributed by atoms with van der Waals surface area (Å²) in [4.78, 5) is 15.4. The quantitative estimate of drug-likeness (QED) is 0.422. The van der Waals surface area contributed by atoms with Gasteiger partial charge in [-0.1, -0.05) is 12.1 Å². The van der Waals surface area contributed by atoms with Crippen molar-refractivity contribution in [3.8, 4) is 5.75 Å². The first-order valence-corrected chi connectivity index (χ1v) is 9.59. The molecular weight excluding hydrogens is 407 g/mol. The zero-order valence-electron chi connectivity index (χ0n) is 16.9. The topological polar surface area (TPSA) is 86.7 Å². The van der Waals surface area contributed by atoms with Crippen LogP contribution in [0.2, 0.25) is 0 Å². The molecule has 0 aliphatic heterocycles. The van der Waals surface area contributed by atoms with Crippen molar-refractivity contribution in [2.75, 3.05) is 5.32 Å². The minimum Gasteiger partial charge on any atom is -0.506 e. The van der Waals surface area contributed by atoms with Crippen LogP contribution in [0.25, 0.3) is 11.0 Å². The van der Waals surface area contributed by atoms with Crippen LogP contribution in [0.5, 0.6) is 5.75 Å². The highest BCUT2D eigenvalue weighted by atomic mass is 19.4. The first-order chi connectivity index (χ1) is 14.7. The van der Waals surface area contributed by atoms with Gasteiger partial charge in [-0.25, -0.2) is 9.97 Å². The van der Waals surface area contributed by atoms with Crippen molar-refractivity contribution >= 4 is 16.9 Å². The first kappa shape index (κ1) is 20.6. The summed E-state index contributed by atoms with van der Waals surface area (Å²) < 4.78 is 37.8. The molecule has 0 radical (unpaired) electrons. The number of anilines is 1. The lowest BCUT2D eigenvalue weighted by atomic mass is 10.0. The maximum atomic E-state index is 12.6. The number of aromatic amines is 1.